The van der Waals surface area contributed by atoms with Gasteiger partial charge < -0.3 is 9.64 Å². The molecule has 4 rings (SSSR count). The first kappa shape index (κ1) is 17.2. The van der Waals surface area contributed by atoms with E-state index < -0.39 is 10.6 Å². The van der Waals surface area contributed by atoms with Crippen molar-refractivity contribution >= 4 is 40.7 Å². The number of halogens is 2. The zero-order valence-corrected chi connectivity index (χ0v) is 15.9. The number of ether oxygens (including phenoxy) is 1. The molecule has 0 aromatic heterocycles. The Balaban J connectivity index is 1.92. The van der Waals surface area contributed by atoms with Crippen LogP contribution in [0.5, 0.6) is 5.75 Å². The summed E-state index contributed by atoms with van der Waals surface area (Å²) in [5.41, 5.74) is 1.21. The van der Waals surface area contributed by atoms with Crippen LogP contribution in [0.4, 0.5) is 11.4 Å². The Morgan fingerprint density at radius 1 is 1.23 bits per heavy atom. The molecular formula is C19H16Cl2N2O3. The first-order valence-corrected chi connectivity index (χ1v) is 8.84. The van der Waals surface area contributed by atoms with Crippen LogP contribution in [0.1, 0.15) is 25.0 Å². The van der Waals surface area contributed by atoms with Crippen molar-refractivity contribution in [1.82, 2.24) is 0 Å². The second kappa shape index (κ2) is 5.38. The van der Waals surface area contributed by atoms with Gasteiger partial charge in [0.25, 0.3) is 5.69 Å². The lowest BCUT2D eigenvalue weighted by Crippen LogP contribution is -2.58. The monoisotopic (exact) mass is 390 g/mol. The summed E-state index contributed by atoms with van der Waals surface area (Å²) in [7, 11) is 1.96. The second-order valence-corrected chi connectivity index (χ2v) is 7.81. The van der Waals surface area contributed by atoms with Crippen molar-refractivity contribution in [2.24, 2.45) is 0 Å². The van der Waals surface area contributed by atoms with Crippen LogP contribution in [-0.2, 0) is 5.41 Å². The zero-order chi connectivity index (χ0) is 18.9. The van der Waals surface area contributed by atoms with Gasteiger partial charge in [0.05, 0.1) is 15.4 Å². The van der Waals surface area contributed by atoms with Crippen LogP contribution in [0.3, 0.4) is 0 Å². The molecule has 0 amide bonds. The van der Waals surface area contributed by atoms with Gasteiger partial charge in [-0.05, 0) is 37.6 Å². The average Bonchev–Trinajstić information content (AvgIpc) is 2.77. The number of para-hydroxylation sites is 1. The summed E-state index contributed by atoms with van der Waals surface area (Å²) in [5.74, 6) is 0.359. The summed E-state index contributed by atoms with van der Waals surface area (Å²) >= 11 is 12.6. The van der Waals surface area contributed by atoms with Gasteiger partial charge in [-0.2, -0.15) is 0 Å². The molecule has 0 saturated heterocycles. The van der Waals surface area contributed by atoms with Crippen molar-refractivity contribution in [3.05, 3.63) is 67.7 Å². The molecule has 2 aliphatic rings. The van der Waals surface area contributed by atoms with Crippen molar-refractivity contribution in [2.45, 2.75) is 25.0 Å². The maximum Gasteiger partial charge on any atom is 0.290 e. The largest absolute Gasteiger partial charge is 0.461 e. The molecule has 26 heavy (non-hydrogen) atoms. The molecule has 2 aliphatic heterocycles. The minimum Gasteiger partial charge on any atom is -0.461 e. The topological polar surface area (TPSA) is 55.6 Å². The molecule has 0 bridgehead atoms. The second-order valence-electron chi connectivity index (χ2n) is 7.02. The third-order valence-corrected chi connectivity index (χ3v) is 6.13. The van der Waals surface area contributed by atoms with Gasteiger partial charge in [-0.25, -0.2) is 0 Å². The minimum absolute atomic E-state index is 0.0245. The van der Waals surface area contributed by atoms with E-state index in [9.17, 15) is 10.1 Å². The van der Waals surface area contributed by atoms with E-state index in [1.807, 2.05) is 31.3 Å². The fourth-order valence-electron chi connectivity index (χ4n) is 3.99. The number of nitro groups is 1. The molecule has 0 radical (unpaired) electrons. The van der Waals surface area contributed by atoms with Gasteiger partial charge in [0.2, 0.25) is 5.72 Å². The van der Waals surface area contributed by atoms with Crippen LogP contribution in [0.15, 0.2) is 36.4 Å². The predicted octanol–water partition coefficient (Wildman–Crippen LogP) is 5.43. The normalized spacial score (nSPS) is 22.1. The van der Waals surface area contributed by atoms with Gasteiger partial charge >= 0.3 is 0 Å². The maximum atomic E-state index is 11.2. The van der Waals surface area contributed by atoms with E-state index in [0.717, 1.165) is 11.3 Å². The van der Waals surface area contributed by atoms with E-state index in [2.05, 4.69) is 24.8 Å². The first-order valence-electron chi connectivity index (χ1n) is 8.08. The van der Waals surface area contributed by atoms with Gasteiger partial charge in [0.15, 0.2) is 5.75 Å². The molecule has 0 fully saturated rings. The Morgan fingerprint density at radius 2 is 1.92 bits per heavy atom. The van der Waals surface area contributed by atoms with Gasteiger partial charge in [-0.3, -0.25) is 10.1 Å². The summed E-state index contributed by atoms with van der Waals surface area (Å²) < 4.78 is 6.44. The molecule has 0 saturated carbocycles. The van der Waals surface area contributed by atoms with E-state index in [-0.39, 0.29) is 21.1 Å². The van der Waals surface area contributed by atoms with Crippen molar-refractivity contribution in [3.8, 4) is 5.75 Å². The number of nitro benzene ring substituents is 1. The highest BCUT2D eigenvalue weighted by Gasteiger charge is 2.58. The standard InChI is InChI=1S/C19H16Cl2N2O3/c1-18(2)12-6-4-5-7-14(12)22(3)19(18)9-8-11-16(21)15(23(24)25)10-13(20)17(11)26-19/h4-10H,1-3H3. The molecular weight excluding hydrogens is 375 g/mol. The number of hydrogen-bond acceptors (Lipinski definition) is 4. The lowest BCUT2D eigenvalue weighted by atomic mass is 9.76. The van der Waals surface area contributed by atoms with E-state index in [1.54, 1.807) is 6.08 Å². The van der Waals surface area contributed by atoms with Crippen molar-refractivity contribution < 1.29 is 9.66 Å². The summed E-state index contributed by atoms with van der Waals surface area (Å²) in [6.07, 6.45) is 3.67. The minimum atomic E-state index is -0.813. The lowest BCUT2D eigenvalue weighted by molar-refractivity contribution is -0.384. The van der Waals surface area contributed by atoms with Crippen molar-refractivity contribution in [2.75, 3.05) is 11.9 Å². The zero-order valence-electron chi connectivity index (χ0n) is 14.4. The fourth-order valence-corrected chi connectivity index (χ4v) is 4.50. The highest BCUT2D eigenvalue weighted by Crippen LogP contribution is 2.56. The number of fused-ring (bicyclic) bond motifs is 2. The number of hydrogen-bond donors (Lipinski definition) is 0. The summed E-state index contributed by atoms with van der Waals surface area (Å²) in [4.78, 5) is 12.7. The Hall–Kier alpha value is -2.24. The molecule has 134 valence electrons. The highest BCUT2D eigenvalue weighted by molar-refractivity contribution is 6.37. The number of rotatable bonds is 1. The molecule has 0 N–H and O–H groups in total. The van der Waals surface area contributed by atoms with E-state index in [4.69, 9.17) is 27.9 Å². The van der Waals surface area contributed by atoms with Crippen LogP contribution in [0.25, 0.3) is 6.08 Å². The Kier molecular flexibility index (Phi) is 3.56. The molecule has 0 aliphatic carbocycles. The average molecular weight is 391 g/mol. The van der Waals surface area contributed by atoms with Crippen molar-refractivity contribution in [1.29, 1.82) is 0 Å². The van der Waals surface area contributed by atoms with E-state index in [1.165, 1.54) is 6.07 Å². The van der Waals surface area contributed by atoms with Gasteiger partial charge in [0, 0.05) is 24.4 Å². The van der Waals surface area contributed by atoms with Gasteiger partial charge in [0.1, 0.15) is 5.02 Å². The summed E-state index contributed by atoms with van der Waals surface area (Å²) in [6.45, 7) is 4.21. The van der Waals surface area contributed by atoms with Crippen LogP contribution in [-0.4, -0.2) is 17.7 Å². The smallest absolute Gasteiger partial charge is 0.290 e. The van der Waals surface area contributed by atoms with Crippen molar-refractivity contribution in [3.63, 3.8) is 0 Å². The molecule has 7 heteroatoms. The number of likely N-dealkylation sites (N-methyl/N-ethyl adjacent to an activating group) is 1. The molecule has 1 spiro atoms. The Labute approximate surface area is 160 Å². The Bertz CT molecular complexity index is 987. The van der Waals surface area contributed by atoms with E-state index in [0.29, 0.717) is 11.3 Å². The number of benzene rings is 2. The van der Waals surface area contributed by atoms with Crippen LogP contribution < -0.4 is 9.64 Å². The summed E-state index contributed by atoms with van der Waals surface area (Å²) in [5, 5.41) is 11.4. The summed E-state index contributed by atoms with van der Waals surface area (Å²) in [6, 6.07) is 9.35. The van der Waals surface area contributed by atoms with Crippen LogP contribution >= 0.6 is 23.2 Å². The van der Waals surface area contributed by atoms with Gasteiger partial charge in [-0.1, -0.05) is 41.4 Å². The third-order valence-electron chi connectivity index (χ3n) is 5.45. The first-order chi connectivity index (χ1) is 12.2. The predicted molar refractivity (Wildman–Crippen MR) is 103 cm³/mol. The van der Waals surface area contributed by atoms with Crippen LogP contribution in [0, 0.1) is 10.1 Å². The SMILES string of the molecule is CN1c2ccccc2C(C)(C)C12C=Cc1c(Cl)c([N+](=O)[O-])cc(Cl)c1O2. The molecule has 2 aromatic carbocycles. The highest BCUT2D eigenvalue weighted by atomic mass is 35.5. The fraction of sp³-hybridized carbons (Fsp3) is 0.263. The Morgan fingerprint density at radius 3 is 2.58 bits per heavy atom. The third kappa shape index (κ3) is 1.98. The molecule has 2 heterocycles. The lowest BCUT2D eigenvalue weighted by Gasteiger charge is -2.46. The number of nitrogens with zero attached hydrogens (tertiary/aromatic N) is 2. The van der Waals surface area contributed by atoms with Gasteiger partial charge in [-0.15, -0.1) is 0 Å². The quantitative estimate of drug-likeness (QED) is 0.481. The van der Waals surface area contributed by atoms with Crippen LogP contribution in [0.2, 0.25) is 10.0 Å². The molecule has 1 atom stereocenters. The van der Waals surface area contributed by atoms with E-state index >= 15 is 0 Å². The molecule has 5 nitrogen and oxygen atoms in total. The molecule has 1 unspecified atom stereocenters. The maximum absolute atomic E-state index is 11.2. The number of anilines is 1. The molecule has 2 aromatic rings.